The van der Waals surface area contributed by atoms with Crippen LogP contribution in [0.2, 0.25) is 0 Å². The Hall–Kier alpha value is -2.64. The van der Waals surface area contributed by atoms with Crippen molar-refractivity contribution in [2.75, 3.05) is 0 Å². The van der Waals surface area contributed by atoms with Crippen molar-refractivity contribution in [3.8, 4) is 5.69 Å². The minimum atomic E-state index is -4.40. The summed E-state index contributed by atoms with van der Waals surface area (Å²) in [5.41, 5.74) is -0.241. The van der Waals surface area contributed by atoms with Crippen molar-refractivity contribution in [2.24, 2.45) is 0 Å². The maximum absolute atomic E-state index is 12.6. The van der Waals surface area contributed by atoms with E-state index in [0.29, 0.717) is 17.3 Å². The van der Waals surface area contributed by atoms with Gasteiger partial charge >= 0.3 is 6.18 Å². The lowest BCUT2D eigenvalue weighted by atomic mass is 10.2. The fraction of sp³-hybridized carbons (Fsp3) is 0.214. The molecule has 5 nitrogen and oxygen atoms in total. The Morgan fingerprint density at radius 1 is 1.09 bits per heavy atom. The van der Waals surface area contributed by atoms with E-state index in [2.05, 4.69) is 15.0 Å². The fourth-order valence-corrected chi connectivity index (χ4v) is 2.32. The van der Waals surface area contributed by atoms with Gasteiger partial charge in [0, 0.05) is 5.69 Å². The lowest BCUT2D eigenvalue weighted by Gasteiger charge is -2.09. The molecule has 1 N–H and O–H groups in total. The van der Waals surface area contributed by atoms with Crippen LogP contribution >= 0.6 is 0 Å². The van der Waals surface area contributed by atoms with Gasteiger partial charge in [-0.2, -0.15) is 13.2 Å². The molecule has 0 spiro atoms. The van der Waals surface area contributed by atoms with Gasteiger partial charge in [-0.15, -0.1) is 0 Å². The van der Waals surface area contributed by atoms with Gasteiger partial charge in [0.1, 0.15) is 11.6 Å². The van der Waals surface area contributed by atoms with Crippen LogP contribution in [0.4, 0.5) is 13.2 Å². The quantitative estimate of drug-likeness (QED) is 0.752. The lowest BCUT2D eigenvalue weighted by Crippen LogP contribution is -2.13. The van der Waals surface area contributed by atoms with Gasteiger partial charge in [0.15, 0.2) is 11.2 Å². The van der Waals surface area contributed by atoms with E-state index >= 15 is 0 Å². The van der Waals surface area contributed by atoms with Crippen LogP contribution in [0.25, 0.3) is 16.9 Å². The third kappa shape index (κ3) is 2.26. The normalized spacial score (nSPS) is 12.0. The zero-order valence-electron chi connectivity index (χ0n) is 11.7. The van der Waals surface area contributed by atoms with Gasteiger partial charge in [0.05, 0.1) is 5.56 Å². The van der Waals surface area contributed by atoms with Crippen molar-refractivity contribution in [1.29, 1.82) is 0 Å². The summed E-state index contributed by atoms with van der Waals surface area (Å²) in [6.45, 7) is 3.29. The number of benzene rings is 1. The summed E-state index contributed by atoms with van der Waals surface area (Å²) < 4.78 is 39.3. The first-order valence-corrected chi connectivity index (χ1v) is 6.41. The molecule has 2 heterocycles. The van der Waals surface area contributed by atoms with E-state index in [1.807, 2.05) is 0 Å². The summed E-state index contributed by atoms with van der Waals surface area (Å²) in [5.74, 6) is 0.896. The first-order chi connectivity index (χ1) is 10.3. The molecule has 1 aromatic carbocycles. The molecular weight excluding hydrogens is 297 g/mol. The third-order valence-corrected chi connectivity index (χ3v) is 3.26. The molecule has 0 aliphatic rings. The van der Waals surface area contributed by atoms with Gasteiger partial charge in [-0.25, -0.2) is 9.97 Å². The van der Waals surface area contributed by atoms with Gasteiger partial charge in [0.25, 0.3) is 5.56 Å². The molecule has 0 radical (unpaired) electrons. The van der Waals surface area contributed by atoms with Crippen LogP contribution < -0.4 is 5.56 Å². The zero-order valence-corrected chi connectivity index (χ0v) is 11.7. The summed E-state index contributed by atoms with van der Waals surface area (Å²) in [4.78, 5) is 23.0. The molecule has 0 saturated heterocycles. The minimum Gasteiger partial charge on any atom is -0.309 e. The Balaban J connectivity index is 2.22. The average molecular weight is 308 g/mol. The van der Waals surface area contributed by atoms with E-state index in [4.69, 9.17) is 0 Å². The number of aromatic amines is 1. The zero-order chi connectivity index (χ0) is 16.1. The van der Waals surface area contributed by atoms with Crippen molar-refractivity contribution >= 4 is 11.2 Å². The number of rotatable bonds is 1. The molecule has 3 aromatic rings. The molecule has 0 unspecified atom stereocenters. The minimum absolute atomic E-state index is 0.211. The number of fused-ring (bicyclic) bond motifs is 1. The van der Waals surface area contributed by atoms with E-state index in [0.717, 1.165) is 12.1 Å². The van der Waals surface area contributed by atoms with Crippen LogP contribution in [0.3, 0.4) is 0 Å². The van der Waals surface area contributed by atoms with Crippen molar-refractivity contribution < 1.29 is 13.2 Å². The fourth-order valence-electron chi connectivity index (χ4n) is 2.32. The largest absolute Gasteiger partial charge is 0.416 e. The van der Waals surface area contributed by atoms with Crippen molar-refractivity contribution in [3.63, 3.8) is 0 Å². The molecule has 0 atom stereocenters. The second kappa shape index (κ2) is 4.69. The van der Waals surface area contributed by atoms with E-state index < -0.39 is 11.7 Å². The predicted octanol–water partition coefficient (Wildman–Crippen LogP) is 2.74. The lowest BCUT2D eigenvalue weighted by molar-refractivity contribution is -0.137. The number of imidazole rings is 1. The molecule has 0 saturated carbocycles. The van der Waals surface area contributed by atoms with Gasteiger partial charge in [-0.3, -0.25) is 9.36 Å². The number of halogens is 3. The summed E-state index contributed by atoms with van der Waals surface area (Å²) in [5, 5.41) is 0. The van der Waals surface area contributed by atoms with Crippen LogP contribution in [0.1, 0.15) is 17.2 Å². The molecule has 114 valence electrons. The van der Waals surface area contributed by atoms with E-state index in [9.17, 15) is 18.0 Å². The molecule has 22 heavy (non-hydrogen) atoms. The number of aryl methyl sites for hydroxylation is 2. The smallest absolute Gasteiger partial charge is 0.309 e. The van der Waals surface area contributed by atoms with Crippen LogP contribution in [0, 0.1) is 13.8 Å². The molecule has 0 aliphatic carbocycles. The highest BCUT2D eigenvalue weighted by molar-refractivity contribution is 5.73. The number of hydrogen-bond donors (Lipinski definition) is 1. The van der Waals surface area contributed by atoms with Crippen LogP contribution in [-0.2, 0) is 6.18 Å². The summed E-state index contributed by atoms with van der Waals surface area (Å²) in [7, 11) is 0. The maximum atomic E-state index is 12.6. The van der Waals surface area contributed by atoms with Gasteiger partial charge in [0.2, 0.25) is 0 Å². The maximum Gasteiger partial charge on any atom is 0.416 e. The van der Waals surface area contributed by atoms with Crippen molar-refractivity contribution in [1.82, 2.24) is 19.5 Å². The number of nitrogens with one attached hydrogen (secondary N) is 1. The Labute approximate surface area is 122 Å². The first-order valence-electron chi connectivity index (χ1n) is 6.41. The second-order valence-corrected chi connectivity index (χ2v) is 4.86. The summed E-state index contributed by atoms with van der Waals surface area (Å²) >= 11 is 0. The number of H-pyrrole nitrogens is 1. The monoisotopic (exact) mass is 308 g/mol. The van der Waals surface area contributed by atoms with Gasteiger partial charge < -0.3 is 4.98 Å². The van der Waals surface area contributed by atoms with E-state index in [1.165, 1.54) is 16.7 Å². The number of alkyl halides is 3. The predicted molar refractivity (Wildman–Crippen MR) is 74.0 cm³/mol. The van der Waals surface area contributed by atoms with E-state index in [-0.39, 0.29) is 16.7 Å². The summed E-state index contributed by atoms with van der Waals surface area (Å²) in [6, 6.07) is 4.54. The first kappa shape index (κ1) is 14.3. The van der Waals surface area contributed by atoms with Crippen LogP contribution in [-0.4, -0.2) is 19.5 Å². The Morgan fingerprint density at radius 3 is 2.32 bits per heavy atom. The molecular formula is C14H11F3N4O. The standard InChI is InChI=1S/C14H11F3N4O/c1-7-18-12-11(13(22)19-7)21(8(2)20-12)10-5-3-9(4-6-10)14(15,16)17/h3-6H,1-2H3,(H,18,19,22). The summed E-state index contributed by atoms with van der Waals surface area (Å²) in [6.07, 6.45) is -4.40. The Morgan fingerprint density at radius 2 is 1.73 bits per heavy atom. The SMILES string of the molecule is Cc1nc2nc(C)n(-c3ccc(C(F)(F)F)cc3)c2c(=O)[nH]1. The van der Waals surface area contributed by atoms with Gasteiger partial charge in [-0.05, 0) is 38.1 Å². The van der Waals surface area contributed by atoms with Gasteiger partial charge in [-0.1, -0.05) is 0 Å². The topological polar surface area (TPSA) is 63.6 Å². The highest BCUT2D eigenvalue weighted by atomic mass is 19.4. The van der Waals surface area contributed by atoms with Crippen LogP contribution in [0.15, 0.2) is 29.1 Å². The third-order valence-electron chi connectivity index (χ3n) is 3.26. The number of nitrogens with zero attached hydrogens (tertiary/aromatic N) is 3. The molecule has 0 bridgehead atoms. The molecule has 2 aromatic heterocycles. The van der Waals surface area contributed by atoms with Crippen LogP contribution in [0.5, 0.6) is 0 Å². The van der Waals surface area contributed by atoms with Crippen molar-refractivity contribution in [2.45, 2.75) is 20.0 Å². The Bertz CT molecular complexity index is 907. The molecule has 0 aliphatic heterocycles. The Kier molecular flexibility index (Phi) is 3.05. The highest BCUT2D eigenvalue weighted by Gasteiger charge is 2.30. The molecule has 0 fully saturated rings. The highest BCUT2D eigenvalue weighted by Crippen LogP contribution is 2.30. The number of hydrogen-bond acceptors (Lipinski definition) is 3. The van der Waals surface area contributed by atoms with E-state index in [1.54, 1.807) is 13.8 Å². The number of aromatic nitrogens is 4. The molecule has 3 rings (SSSR count). The van der Waals surface area contributed by atoms with Crippen molar-refractivity contribution in [3.05, 3.63) is 51.8 Å². The molecule has 0 amide bonds. The molecule has 8 heteroatoms. The average Bonchev–Trinajstić information content (AvgIpc) is 2.74. The second-order valence-electron chi connectivity index (χ2n) is 4.86.